The van der Waals surface area contributed by atoms with E-state index in [1.807, 2.05) is 13.8 Å². The number of nitrogens with one attached hydrogen (secondary N) is 1. The normalized spacial score (nSPS) is 13.8. The number of thiazole rings is 1. The Bertz CT molecular complexity index is 1580. The number of amides is 2. The molecule has 250 valence electrons. The smallest absolute Gasteiger partial charge is 0.434 e. The van der Waals surface area contributed by atoms with Crippen LogP contribution in [-0.4, -0.2) is 81.7 Å². The summed E-state index contributed by atoms with van der Waals surface area (Å²) < 4.78 is 54.9. The SMILES string of the molecule is CCN1C(=O)c2oc3cc(-c4nc(C(F)(F)F)cs4)ccc3c2OCC1C.COc1cccnc1CNC=O.NC(O)O.O=CO. The van der Waals surface area contributed by atoms with Gasteiger partial charge in [0.25, 0.3) is 12.4 Å². The van der Waals surface area contributed by atoms with E-state index < -0.39 is 18.3 Å². The molecule has 0 radical (unpaired) electrons. The van der Waals surface area contributed by atoms with Crippen molar-refractivity contribution >= 4 is 41.1 Å². The summed E-state index contributed by atoms with van der Waals surface area (Å²) in [5.74, 6) is 0.915. The highest BCUT2D eigenvalue weighted by Crippen LogP contribution is 2.39. The maximum absolute atomic E-state index is 12.8. The quantitative estimate of drug-likeness (QED) is 0.148. The number of aliphatic hydroxyl groups excluding tert-OH is 1. The highest BCUT2D eigenvalue weighted by Gasteiger charge is 2.35. The number of nitrogens with two attached hydrogens (primary N) is 1. The molecule has 0 aliphatic carbocycles. The van der Waals surface area contributed by atoms with Gasteiger partial charge in [-0.25, -0.2) is 4.98 Å². The molecule has 18 heteroatoms. The number of furan rings is 1. The topological polar surface area (TPSA) is 211 Å². The number of methoxy groups -OCH3 is 1. The fourth-order valence-electron chi connectivity index (χ4n) is 3.99. The van der Waals surface area contributed by atoms with Gasteiger partial charge in [-0.15, -0.1) is 11.3 Å². The van der Waals surface area contributed by atoms with Crippen LogP contribution in [0.3, 0.4) is 0 Å². The number of ether oxygens (including phenoxy) is 2. The van der Waals surface area contributed by atoms with E-state index in [0.29, 0.717) is 54.1 Å². The summed E-state index contributed by atoms with van der Waals surface area (Å²) >= 11 is 0.902. The van der Waals surface area contributed by atoms with Gasteiger partial charge in [0.15, 0.2) is 11.4 Å². The third kappa shape index (κ3) is 10.1. The maximum Gasteiger partial charge on any atom is 0.434 e. The third-order valence-corrected chi connectivity index (χ3v) is 6.80. The Labute approximate surface area is 264 Å². The zero-order chi connectivity index (χ0) is 34.4. The number of hydrogen-bond donors (Lipinski definition) is 5. The first-order chi connectivity index (χ1) is 21.8. The number of carbonyl (C=O) groups excluding carboxylic acids is 2. The van der Waals surface area contributed by atoms with Crippen molar-refractivity contribution in [2.24, 2.45) is 5.73 Å². The van der Waals surface area contributed by atoms with E-state index in [1.54, 1.807) is 48.5 Å². The number of benzene rings is 1. The van der Waals surface area contributed by atoms with E-state index in [9.17, 15) is 22.8 Å². The molecule has 4 aromatic rings. The van der Waals surface area contributed by atoms with Gasteiger partial charge in [0.1, 0.15) is 28.6 Å². The minimum absolute atomic E-state index is 0.0875. The van der Waals surface area contributed by atoms with Crippen molar-refractivity contribution in [3.8, 4) is 22.1 Å². The minimum atomic E-state index is -4.48. The van der Waals surface area contributed by atoms with Crippen LogP contribution >= 0.6 is 11.3 Å². The van der Waals surface area contributed by atoms with E-state index in [0.717, 1.165) is 22.4 Å². The molecule has 46 heavy (non-hydrogen) atoms. The van der Waals surface area contributed by atoms with E-state index in [4.69, 9.17) is 34.0 Å². The molecule has 2 amide bonds. The summed E-state index contributed by atoms with van der Waals surface area (Å²) in [5, 5.41) is 26.0. The summed E-state index contributed by atoms with van der Waals surface area (Å²) in [4.78, 5) is 40.4. The molecular formula is C28H32F3N5O9S. The lowest BCUT2D eigenvalue weighted by Gasteiger charge is -2.23. The second-order valence-corrected chi connectivity index (χ2v) is 9.79. The molecule has 0 fully saturated rings. The number of hydrogen-bond acceptors (Lipinski definition) is 12. The first-order valence-electron chi connectivity index (χ1n) is 13.2. The molecule has 5 rings (SSSR count). The molecule has 6 N–H and O–H groups in total. The number of fused-ring (bicyclic) bond motifs is 3. The Kier molecular flexibility index (Phi) is 14.3. The first-order valence-corrected chi connectivity index (χ1v) is 14.1. The summed E-state index contributed by atoms with van der Waals surface area (Å²) in [6, 6.07) is 8.41. The standard InChI is InChI=1S/C18H15F3N2O3S.C8H10N2O2.CH5NO2.CH2O2/c1-3-23-9(2)7-25-14-11-5-4-10(6-12(11)26-15(14)17(23)24)16-22-13(8-27-16)18(19,20)21;1-12-8-3-2-4-10-7(8)5-9-6-11;2-1(3)4;2-1-3/h4-6,8-9H,3,7H2,1-2H3;2-4,6H,5H2,1H3,(H,9,11);1,3-4H,2H2;1H,(H,2,3). The fourth-order valence-corrected chi connectivity index (χ4v) is 4.81. The predicted molar refractivity (Wildman–Crippen MR) is 159 cm³/mol. The monoisotopic (exact) mass is 671 g/mol. The van der Waals surface area contributed by atoms with Crippen LogP contribution in [0.1, 0.15) is 35.8 Å². The van der Waals surface area contributed by atoms with Crippen molar-refractivity contribution in [3.63, 3.8) is 0 Å². The van der Waals surface area contributed by atoms with E-state index in [2.05, 4.69) is 21.0 Å². The Balaban J connectivity index is 0.000000321. The summed E-state index contributed by atoms with van der Waals surface area (Å²) in [5.41, 5.74) is 4.89. The van der Waals surface area contributed by atoms with E-state index in [1.165, 1.54) is 0 Å². The fraction of sp³-hybridized carbons (Fsp3) is 0.321. The lowest BCUT2D eigenvalue weighted by Crippen LogP contribution is -2.39. The van der Waals surface area contributed by atoms with Gasteiger partial charge in [-0.2, -0.15) is 13.2 Å². The number of alkyl halides is 3. The average Bonchev–Trinajstić information content (AvgIpc) is 3.63. The van der Waals surface area contributed by atoms with Crippen LogP contribution < -0.4 is 20.5 Å². The van der Waals surface area contributed by atoms with Gasteiger partial charge in [0.2, 0.25) is 18.6 Å². The van der Waals surface area contributed by atoms with Crippen molar-refractivity contribution in [1.82, 2.24) is 20.2 Å². The molecule has 1 aliphatic heterocycles. The van der Waals surface area contributed by atoms with Crippen molar-refractivity contribution in [3.05, 3.63) is 59.1 Å². The Morgan fingerprint density at radius 3 is 2.52 bits per heavy atom. The number of pyridine rings is 1. The van der Waals surface area contributed by atoms with Crippen LogP contribution in [0, 0.1) is 0 Å². The molecule has 1 atom stereocenters. The predicted octanol–water partition coefficient (Wildman–Crippen LogP) is 3.07. The third-order valence-electron chi connectivity index (χ3n) is 5.90. The first kappa shape index (κ1) is 37.4. The van der Waals surface area contributed by atoms with Crippen LogP contribution in [0.15, 0.2) is 46.3 Å². The number of carboxylic acid groups (broad SMARTS) is 1. The van der Waals surface area contributed by atoms with Crippen LogP contribution in [-0.2, 0) is 22.3 Å². The molecule has 3 aromatic heterocycles. The minimum Gasteiger partial charge on any atom is -0.495 e. The summed E-state index contributed by atoms with van der Waals surface area (Å²) in [6.07, 6.45) is -3.86. The molecule has 4 heterocycles. The Hall–Kier alpha value is -4.78. The molecule has 0 spiro atoms. The molecule has 0 saturated heterocycles. The van der Waals surface area contributed by atoms with Gasteiger partial charge in [0, 0.05) is 23.7 Å². The summed E-state index contributed by atoms with van der Waals surface area (Å²) in [6.45, 7) is 4.78. The van der Waals surface area contributed by atoms with E-state index in [-0.39, 0.29) is 29.2 Å². The second kappa shape index (κ2) is 17.6. The molecular weight excluding hydrogens is 639 g/mol. The van der Waals surface area contributed by atoms with Crippen molar-refractivity contribution in [2.45, 2.75) is 39.0 Å². The Morgan fingerprint density at radius 1 is 1.28 bits per heavy atom. The van der Waals surface area contributed by atoms with Gasteiger partial charge in [-0.1, -0.05) is 6.07 Å². The highest BCUT2D eigenvalue weighted by molar-refractivity contribution is 7.13. The van der Waals surface area contributed by atoms with Gasteiger partial charge in [-0.3, -0.25) is 25.1 Å². The maximum atomic E-state index is 12.8. The van der Waals surface area contributed by atoms with Crippen molar-refractivity contribution in [2.75, 3.05) is 20.3 Å². The van der Waals surface area contributed by atoms with Crippen LogP contribution in [0.4, 0.5) is 13.2 Å². The number of carbonyl (C=O) groups is 3. The van der Waals surface area contributed by atoms with Gasteiger partial charge in [-0.05, 0) is 38.1 Å². The van der Waals surface area contributed by atoms with Gasteiger partial charge in [0.05, 0.1) is 25.1 Å². The lowest BCUT2D eigenvalue weighted by molar-refractivity contribution is -0.140. The average molecular weight is 672 g/mol. The Morgan fingerprint density at radius 2 is 1.96 bits per heavy atom. The second-order valence-electron chi connectivity index (χ2n) is 8.93. The van der Waals surface area contributed by atoms with Crippen molar-refractivity contribution in [1.29, 1.82) is 0 Å². The molecule has 1 aliphatic rings. The van der Waals surface area contributed by atoms with E-state index >= 15 is 0 Å². The zero-order valence-corrected chi connectivity index (χ0v) is 25.5. The van der Waals surface area contributed by atoms with Crippen LogP contribution in [0.5, 0.6) is 11.5 Å². The van der Waals surface area contributed by atoms with Gasteiger partial charge < -0.3 is 39.4 Å². The lowest BCUT2D eigenvalue weighted by atomic mass is 10.1. The van der Waals surface area contributed by atoms with Crippen LogP contribution in [0.2, 0.25) is 0 Å². The summed E-state index contributed by atoms with van der Waals surface area (Å²) in [7, 11) is 1.57. The number of nitrogens with zero attached hydrogens (tertiary/aromatic N) is 3. The number of likely N-dealkylation sites (N-methyl/N-ethyl adjacent to an activating group) is 1. The molecule has 1 unspecified atom stereocenters. The largest absolute Gasteiger partial charge is 0.495 e. The van der Waals surface area contributed by atoms with Crippen LogP contribution in [0.25, 0.3) is 21.5 Å². The number of aliphatic hydroxyl groups is 2. The zero-order valence-electron chi connectivity index (χ0n) is 24.7. The number of halogens is 3. The molecule has 1 aromatic carbocycles. The number of rotatable bonds is 6. The van der Waals surface area contributed by atoms with Crippen molar-refractivity contribution < 1.29 is 56.8 Å². The number of aromatic nitrogens is 2. The molecule has 0 bridgehead atoms. The molecule has 14 nitrogen and oxygen atoms in total. The van der Waals surface area contributed by atoms with Gasteiger partial charge >= 0.3 is 6.18 Å². The highest BCUT2D eigenvalue weighted by atomic mass is 32.1. The molecule has 0 saturated carbocycles.